The second-order valence-electron chi connectivity index (χ2n) is 5.20. The second kappa shape index (κ2) is 8.25. The molecule has 2 rings (SSSR count). The van der Waals surface area contributed by atoms with Gasteiger partial charge in [0.15, 0.2) is 6.61 Å². The summed E-state index contributed by atoms with van der Waals surface area (Å²) in [6, 6.07) is 12.5. The molecule has 0 radical (unpaired) electrons. The van der Waals surface area contributed by atoms with E-state index < -0.39 is 23.4 Å². The largest absolute Gasteiger partial charge is 0.452 e. The SMILES string of the molecule is C[C@H](NC(=O)COC(=O)c1ccc([N+](=O)[O-])cc1Cl)c1ccccc1. The third-order valence-corrected chi connectivity index (χ3v) is 3.71. The van der Waals surface area contributed by atoms with E-state index in [9.17, 15) is 19.7 Å². The van der Waals surface area contributed by atoms with Crippen LogP contribution in [-0.2, 0) is 9.53 Å². The quantitative estimate of drug-likeness (QED) is 0.483. The maximum Gasteiger partial charge on any atom is 0.340 e. The Hall–Kier alpha value is -2.93. The Balaban J connectivity index is 1.91. The van der Waals surface area contributed by atoms with Crippen LogP contribution in [0.5, 0.6) is 0 Å². The maximum atomic E-state index is 12.0. The van der Waals surface area contributed by atoms with Crippen molar-refractivity contribution in [3.8, 4) is 0 Å². The molecule has 0 aromatic heterocycles. The average Bonchev–Trinajstić information content (AvgIpc) is 2.60. The third kappa shape index (κ3) is 5.02. The van der Waals surface area contributed by atoms with Crippen LogP contribution in [0.2, 0.25) is 5.02 Å². The highest BCUT2D eigenvalue weighted by atomic mass is 35.5. The number of rotatable bonds is 6. The topological polar surface area (TPSA) is 98.5 Å². The molecule has 2 aromatic rings. The smallest absolute Gasteiger partial charge is 0.340 e. The van der Waals surface area contributed by atoms with Gasteiger partial charge in [-0.25, -0.2) is 4.79 Å². The maximum absolute atomic E-state index is 12.0. The van der Waals surface area contributed by atoms with Crippen molar-refractivity contribution in [1.29, 1.82) is 0 Å². The van der Waals surface area contributed by atoms with Crippen molar-refractivity contribution in [3.63, 3.8) is 0 Å². The highest BCUT2D eigenvalue weighted by molar-refractivity contribution is 6.33. The van der Waals surface area contributed by atoms with Crippen molar-refractivity contribution in [2.24, 2.45) is 0 Å². The van der Waals surface area contributed by atoms with Crippen LogP contribution in [0.3, 0.4) is 0 Å². The molecule has 0 aliphatic heterocycles. The van der Waals surface area contributed by atoms with Gasteiger partial charge in [-0.15, -0.1) is 0 Å². The zero-order chi connectivity index (χ0) is 18.4. The molecular formula is C17H15ClN2O5. The lowest BCUT2D eigenvalue weighted by atomic mass is 10.1. The average molecular weight is 363 g/mol. The molecule has 0 unspecified atom stereocenters. The van der Waals surface area contributed by atoms with Gasteiger partial charge in [-0.3, -0.25) is 14.9 Å². The number of benzene rings is 2. The molecule has 0 saturated carbocycles. The molecule has 1 amide bonds. The molecule has 0 saturated heterocycles. The number of amides is 1. The molecule has 7 nitrogen and oxygen atoms in total. The van der Waals surface area contributed by atoms with E-state index in [0.29, 0.717) is 0 Å². The van der Waals surface area contributed by atoms with Crippen LogP contribution >= 0.6 is 11.6 Å². The van der Waals surface area contributed by atoms with E-state index in [0.717, 1.165) is 17.7 Å². The Morgan fingerprint density at radius 2 is 1.92 bits per heavy atom. The molecule has 0 bridgehead atoms. The van der Waals surface area contributed by atoms with Gasteiger partial charge in [0.2, 0.25) is 0 Å². The summed E-state index contributed by atoms with van der Waals surface area (Å²) in [5, 5.41) is 13.2. The molecule has 0 aliphatic carbocycles. The second-order valence-corrected chi connectivity index (χ2v) is 5.60. The van der Waals surface area contributed by atoms with Gasteiger partial charge in [-0.05, 0) is 18.6 Å². The number of non-ortho nitro benzene ring substituents is 1. The van der Waals surface area contributed by atoms with Crippen molar-refractivity contribution in [2.75, 3.05) is 6.61 Å². The van der Waals surface area contributed by atoms with E-state index in [-0.39, 0.29) is 22.3 Å². The van der Waals surface area contributed by atoms with Gasteiger partial charge in [-0.2, -0.15) is 0 Å². The predicted molar refractivity (Wildman–Crippen MR) is 91.4 cm³/mol. The van der Waals surface area contributed by atoms with Gasteiger partial charge in [0, 0.05) is 12.1 Å². The lowest BCUT2D eigenvalue weighted by Crippen LogP contribution is -2.31. The first-order valence-electron chi connectivity index (χ1n) is 7.34. The number of carbonyl (C=O) groups is 2. The highest BCUT2D eigenvalue weighted by Gasteiger charge is 2.18. The van der Waals surface area contributed by atoms with Crippen LogP contribution in [0.25, 0.3) is 0 Å². The minimum atomic E-state index is -0.831. The van der Waals surface area contributed by atoms with Crippen LogP contribution in [-0.4, -0.2) is 23.4 Å². The fourth-order valence-corrected chi connectivity index (χ4v) is 2.35. The van der Waals surface area contributed by atoms with Gasteiger partial charge in [0.1, 0.15) is 0 Å². The van der Waals surface area contributed by atoms with E-state index >= 15 is 0 Å². The summed E-state index contributed by atoms with van der Waals surface area (Å²) >= 11 is 5.84. The number of carbonyl (C=O) groups excluding carboxylic acids is 2. The van der Waals surface area contributed by atoms with E-state index in [1.165, 1.54) is 6.07 Å². The van der Waals surface area contributed by atoms with E-state index in [1.54, 1.807) is 0 Å². The summed E-state index contributed by atoms with van der Waals surface area (Å²) in [5.41, 5.74) is 0.632. The summed E-state index contributed by atoms with van der Waals surface area (Å²) in [4.78, 5) is 33.9. The Bertz CT molecular complexity index is 795. The molecule has 8 heteroatoms. The number of nitro benzene ring substituents is 1. The zero-order valence-corrected chi connectivity index (χ0v) is 14.0. The number of halogens is 1. The van der Waals surface area contributed by atoms with Crippen LogP contribution in [0.15, 0.2) is 48.5 Å². The van der Waals surface area contributed by atoms with E-state index in [2.05, 4.69) is 5.32 Å². The number of hydrogen-bond acceptors (Lipinski definition) is 5. The van der Waals surface area contributed by atoms with Gasteiger partial charge >= 0.3 is 5.97 Å². The Morgan fingerprint density at radius 3 is 2.52 bits per heavy atom. The number of nitro groups is 1. The zero-order valence-electron chi connectivity index (χ0n) is 13.3. The molecule has 1 N–H and O–H groups in total. The number of nitrogens with zero attached hydrogens (tertiary/aromatic N) is 1. The van der Waals surface area contributed by atoms with Crippen molar-refractivity contribution in [2.45, 2.75) is 13.0 Å². The summed E-state index contributed by atoms with van der Waals surface area (Å²) < 4.78 is 4.90. The molecule has 1 atom stereocenters. The van der Waals surface area contributed by atoms with Crippen LogP contribution in [0.1, 0.15) is 28.9 Å². The monoisotopic (exact) mass is 362 g/mol. The summed E-state index contributed by atoms with van der Waals surface area (Å²) in [5.74, 6) is -1.30. The molecule has 0 aliphatic rings. The summed E-state index contributed by atoms with van der Waals surface area (Å²) in [6.07, 6.45) is 0. The number of ether oxygens (including phenoxy) is 1. The fraction of sp³-hybridized carbons (Fsp3) is 0.176. The van der Waals surface area contributed by atoms with Crippen molar-refractivity contribution < 1.29 is 19.2 Å². The molecule has 2 aromatic carbocycles. The molecule has 25 heavy (non-hydrogen) atoms. The van der Waals surface area contributed by atoms with Gasteiger partial charge in [0.25, 0.3) is 11.6 Å². The summed E-state index contributed by atoms with van der Waals surface area (Å²) in [7, 11) is 0. The lowest BCUT2D eigenvalue weighted by molar-refractivity contribution is -0.384. The van der Waals surface area contributed by atoms with Gasteiger partial charge in [0.05, 0.1) is 21.6 Å². The highest BCUT2D eigenvalue weighted by Crippen LogP contribution is 2.23. The van der Waals surface area contributed by atoms with Crippen molar-refractivity contribution in [3.05, 3.63) is 74.8 Å². The van der Waals surface area contributed by atoms with Crippen molar-refractivity contribution >= 4 is 29.2 Å². The van der Waals surface area contributed by atoms with Gasteiger partial charge in [-0.1, -0.05) is 41.9 Å². The molecule has 0 fully saturated rings. The Kier molecular flexibility index (Phi) is 6.08. The molecular weight excluding hydrogens is 348 g/mol. The van der Waals surface area contributed by atoms with E-state index in [1.807, 2.05) is 37.3 Å². The normalized spacial score (nSPS) is 11.4. The van der Waals surface area contributed by atoms with Gasteiger partial charge < -0.3 is 10.1 Å². The predicted octanol–water partition coefficient (Wildman–Crippen LogP) is 3.28. The van der Waals surface area contributed by atoms with Crippen LogP contribution < -0.4 is 5.32 Å². The first kappa shape index (κ1) is 18.4. The molecule has 0 heterocycles. The Morgan fingerprint density at radius 1 is 1.24 bits per heavy atom. The minimum Gasteiger partial charge on any atom is -0.452 e. The molecule has 130 valence electrons. The minimum absolute atomic E-state index is 0.0452. The summed E-state index contributed by atoms with van der Waals surface area (Å²) in [6.45, 7) is 1.32. The van der Waals surface area contributed by atoms with Crippen LogP contribution in [0, 0.1) is 10.1 Å². The molecule has 0 spiro atoms. The number of esters is 1. The van der Waals surface area contributed by atoms with E-state index in [4.69, 9.17) is 16.3 Å². The standard InChI is InChI=1S/C17H15ClN2O5/c1-11(12-5-3-2-4-6-12)19-16(21)10-25-17(22)14-8-7-13(20(23)24)9-15(14)18/h2-9,11H,10H2,1H3,(H,19,21)/t11-/m0/s1. The first-order valence-corrected chi connectivity index (χ1v) is 7.71. The van der Waals surface area contributed by atoms with Crippen LogP contribution in [0.4, 0.5) is 5.69 Å². The van der Waals surface area contributed by atoms with Crippen molar-refractivity contribution in [1.82, 2.24) is 5.32 Å². The fourth-order valence-electron chi connectivity index (χ4n) is 2.10. The third-order valence-electron chi connectivity index (χ3n) is 3.39. The first-order chi connectivity index (χ1) is 11.9. The lowest BCUT2D eigenvalue weighted by Gasteiger charge is -2.14. The Labute approximate surface area is 148 Å². The number of nitrogens with one attached hydrogen (secondary N) is 1. The number of hydrogen-bond donors (Lipinski definition) is 1.